The van der Waals surface area contributed by atoms with Gasteiger partial charge in [-0.05, 0) is 23.8 Å². The summed E-state index contributed by atoms with van der Waals surface area (Å²) in [6, 6.07) is 7.28. The highest BCUT2D eigenvalue weighted by molar-refractivity contribution is 6.30. The molecule has 5 heteroatoms. The lowest BCUT2D eigenvalue weighted by molar-refractivity contribution is -0.116. The van der Waals surface area contributed by atoms with Gasteiger partial charge in [0.15, 0.2) is 5.78 Å². The normalized spacial score (nSPS) is 11.9. The highest BCUT2D eigenvalue weighted by Gasteiger charge is 2.16. The number of hydrogen-bond acceptors (Lipinski definition) is 3. The second-order valence-electron chi connectivity index (χ2n) is 4.44. The Balaban J connectivity index is 2.43. The molecule has 0 N–H and O–H groups in total. The maximum absolute atomic E-state index is 12.2. The molecule has 0 radical (unpaired) electrons. The number of benzene rings is 1. The number of hydrogen-bond donors (Lipinski definition) is 0. The first kappa shape index (κ1) is 13.5. The third kappa shape index (κ3) is 3.29. The van der Waals surface area contributed by atoms with Gasteiger partial charge in [0.2, 0.25) is 0 Å². The van der Waals surface area contributed by atoms with E-state index < -0.39 is 0 Å². The summed E-state index contributed by atoms with van der Waals surface area (Å²) < 4.78 is 1.48. The van der Waals surface area contributed by atoms with Crippen molar-refractivity contribution in [3.63, 3.8) is 0 Å². The van der Waals surface area contributed by atoms with Crippen LogP contribution in [0.4, 0.5) is 0 Å². The number of Topliss-reactive ketones (excluding diaryl/α,β-unsaturated/α-hetero) is 1. The van der Waals surface area contributed by atoms with Crippen molar-refractivity contribution in [3.05, 3.63) is 47.5 Å². The van der Waals surface area contributed by atoms with Crippen molar-refractivity contribution < 1.29 is 4.79 Å². The second kappa shape index (κ2) is 5.80. The Hall–Kier alpha value is -1.94. The number of aromatic nitrogens is 3. The lowest BCUT2D eigenvalue weighted by atomic mass is 10.0. The molecule has 1 heterocycles. The predicted molar refractivity (Wildman–Crippen MR) is 75.5 cm³/mol. The van der Waals surface area contributed by atoms with E-state index in [2.05, 4.69) is 10.1 Å². The zero-order valence-electron chi connectivity index (χ0n) is 10.7. The molecule has 0 amide bonds. The summed E-state index contributed by atoms with van der Waals surface area (Å²) in [4.78, 5) is 16.1. The van der Waals surface area contributed by atoms with E-state index in [4.69, 9.17) is 11.6 Å². The van der Waals surface area contributed by atoms with Gasteiger partial charge in [-0.2, -0.15) is 5.10 Å². The van der Waals surface area contributed by atoms with E-state index in [9.17, 15) is 4.79 Å². The number of carbonyl (C=O) groups excluding carboxylic acids is 1. The minimum absolute atomic E-state index is 0.0143. The van der Waals surface area contributed by atoms with Crippen LogP contribution in [0.2, 0.25) is 5.02 Å². The zero-order valence-corrected chi connectivity index (χ0v) is 11.5. The Labute approximate surface area is 116 Å². The van der Waals surface area contributed by atoms with Crippen LogP contribution in [0.5, 0.6) is 0 Å². The van der Waals surface area contributed by atoms with Gasteiger partial charge in [0, 0.05) is 10.9 Å². The van der Waals surface area contributed by atoms with Crippen molar-refractivity contribution in [1.82, 2.24) is 14.8 Å². The van der Waals surface area contributed by atoms with E-state index in [0.29, 0.717) is 10.7 Å². The lowest BCUT2D eigenvalue weighted by Gasteiger charge is -2.09. The molecule has 0 saturated carbocycles. The largest absolute Gasteiger partial charge is 0.292 e. The molecule has 19 heavy (non-hydrogen) atoms. The van der Waals surface area contributed by atoms with Crippen LogP contribution in [0, 0.1) is 5.92 Å². The van der Waals surface area contributed by atoms with E-state index in [0.717, 1.165) is 5.56 Å². The van der Waals surface area contributed by atoms with Gasteiger partial charge in [-0.15, -0.1) is 0 Å². The standard InChI is InChI=1S/C14H14ClN3O/c1-10(2)14(19)13(18-9-16-8-17-18)7-11-3-5-12(15)6-4-11/h3-10H,1-2H3. The predicted octanol–water partition coefficient (Wildman–Crippen LogP) is 3.15. The van der Waals surface area contributed by atoms with Crippen LogP contribution in [0.15, 0.2) is 36.9 Å². The lowest BCUT2D eigenvalue weighted by Crippen LogP contribution is -2.14. The Kier molecular flexibility index (Phi) is 4.12. The van der Waals surface area contributed by atoms with E-state index in [1.165, 1.54) is 17.3 Å². The summed E-state index contributed by atoms with van der Waals surface area (Å²) in [5.74, 6) is -0.0943. The molecule has 0 aliphatic heterocycles. The number of nitrogens with zero attached hydrogens (tertiary/aromatic N) is 3. The van der Waals surface area contributed by atoms with Gasteiger partial charge in [-0.1, -0.05) is 37.6 Å². The number of allylic oxidation sites excluding steroid dienone is 1. The van der Waals surface area contributed by atoms with E-state index in [1.54, 1.807) is 18.2 Å². The second-order valence-corrected chi connectivity index (χ2v) is 4.88. The third-order valence-corrected chi connectivity index (χ3v) is 2.87. The molecule has 0 aliphatic rings. The van der Waals surface area contributed by atoms with E-state index in [-0.39, 0.29) is 11.7 Å². The summed E-state index contributed by atoms with van der Waals surface area (Å²) in [6.07, 6.45) is 4.71. The summed E-state index contributed by atoms with van der Waals surface area (Å²) in [7, 11) is 0. The van der Waals surface area contributed by atoms with Gasteiger partial charge in [0.25, 0.3) is 0 Å². The van der Waals surface area contributed by atoms with Gasteiger partial charge in [0.05, 0.1) is 0 Å². The molecular weight excluding hydrogens is 262 g/mol. The van der Waals surface area contributed by atoms with Crippen molar-refractivity contribution in [2.45, 2.75) is 13.8 Å². The first-order valence-corrected chi connectivity index (χ1v) is 6.32. The van der Waals surface area contributed by atoms with Gasteiger partial charge in [-0.25, -0.2) is 9.67 Å². The van der Waals surface area contributed by atoms with Crippen LogP contribution in [0.3, 0.4) is 0 Å². The number of halogens is 1. The highest BCUT2D eigenvalue weighted by Crippen LogP contribution is 2.17. The number of ketones is 1. The molecule has 0 saturated heterocycles. The molecule has 2 aromatic rings. The maximum Gasteiger partial charge on any atom is 0.183 e. The molecule has 0 aliphatic carbocycles. The maximum atomic E-state index is 12.2. The first-order valence-electron chi connectivity index (χ1n) is 5.94. The SMILES string of the molecule is CC(C)C(=O)C(=Cc1ccc(Cl)cc1)n1cncn1. The Morgan fingerprint density at radius 3 is 2.53 bits per heavy atom. The number of rotatable bonds is 4. The van der Waals surface area contributed by atoms with Gasteiger partial charge in [-0.3, -0.25) is 4.79 Å². The third-order valence-electron chi connectivity index (χ3n) is 2.62. The quantitative estimate of drug-likeness (QED) is 0.805. The summed E-state index contributed by atoms with van der Waals surface area (Å²) in [6.45, 7) is 3.71. The Bertz CT molecular complexity index is 586. The molecule has 0 atom stereocenters. The minimum Gasteiger partial charge on any atom is -0.292 e. The van der Waals surface area contributed by atoms with Crippen LogP contribution in [-0.4, -0.2) is 20.5 Å². The summed E-state index contributed by atoms with van der Waals surface area (Å²) in [5, 5.41) is 4.69. The average Bonchev–Trinajstić information content (AvgIpc) is 2.91. The van der Waals surface area contributed by atoms with Crippen LogP contribution < -0.4 is 0 Å². The molecular formula is C14H14ClN3O. The van der Waals surface area contributed by atoms with Crippen LogP contribution in [0.1, 0.15) is 19.4 Å². The van der Waals surface area contributed by atoms with Crippen molar-refractivity contribution in [1.29, 1.82) is 0 Å². The van der Waals surface area contributed by atoms with Crippen molar-refractivity contribution in [3.8, 4) is 0 Å². The fraction of sp³-hybridized carbons (Fsp3) is 0.214. The van der Waals surface area contributed by atoms with Crippen molar-refractivity contribution >= 4 is 29.2 Å². The topological polar surface area (TPSA) is 47.8 Å². The first-order chi connectivity index (χ1) is 9.08. The smallest absolute Gasteiger partial charge is 0.183 e. The van der Waals surface area contributed by atoms with Crippen LogP contribution >= 0.6 is 11.6 Å². The minimum atomic E-state index is -0.109. The molecule has 0 fully saturated rings. The van der Waals surface area contributed by atoms with E-state index >= 15 is 0 Å². The van der Waals surface area contributed by atoms with Crippen LogP contribution in [0.25, 0.3) is 11.8 Å². The van der Waals surface area contributed by atoms with Gasteiger partial charge >= 0.3 is 0 Å². The zero-order chi connectivity index (χ0) is 13.8. The van der Waals surface area contributed by atoms with Crippen molar-refractivity contribution in [2.75, 3.05) is 0 Å². The molecule has 0 unspecified atom stereocenters. The van der Waals surface area contributed by atoms with Crippen LogP contribution in [-0.2, 0) is 4.79 Å². The Morgan fingerprint density at radius 2 is 2.00 bits per heavy atom. The highest BCUT2D eigenvalue weighted by atomic mass is 35.5. The molecule has 0 spiro atoms. The number of carbonyl (C=O) groups is 1. The van der Waals surface area contributed by atoms with Crippen molar-refractivity contribution in [2.24, 2.45) is 5.92 Å². The molecule has 2 rings (SSSR count). The summed E-state index contributed by atoms with van der Waals surface area (Å²) in [5.41, 5.74) is 1.39. The molecule has 1 aromatic carbocycles. The Morgan fingerprint density at radius 1 is 1.32 bits per heavy atom. The average molecular weight is 276 g/mol. The summed E-state index contributed by atoms with van der Waals surface area (Å²) >= 11 is 5.85. The van der Waals surface area contributed by atoms with E-state index in [1.807, 2.05) is 26.0 Å². The fourth-order valence-electron chi connectivity index (χ4n) is 1.60. The monoisotopic (exact) mass is 275 g/mol. The fourth-order valence-corrected chi connectivity index (χ4v) is 1.72. The molecule has 4 nitrogen and oxygen atoms in total. The molecule has 98 valence electrons. The molecule has 1 aromatic heterocycles. The van der Waals surface area contributed by atoms with Gasteiger partial charge < -0.3 is 0 Å². The van der Waals surface area contributed by atoms with Gasteiger partial charge in [0.1, 0.15) is 18.4 Å². The molecule has 0 bridgehead atoms.